The number of anilines is 1. The molecular weight excluding hydrogens is 286 g/mol. The number of hydrogen-bond donors (Lipinski definition) is 2. The van der Waals surface area contributed by atoms with E-state index >= 15 is 0 Å². The zero-order valence-electron chi connectivity index (χ0n) is 12.1. The number of nitrogens with zero attached hydrogens (tertiary/aromatic N) is 1. The second-order valence-electron chi connectivity index (χ2n) is 4.68. The summed E-state index contributed by atoms with van der Waals surface area (Å²) in [5.74, 6) is 0.541. The number of aromatic nitrogens is 1. The molecule has 0 radical (unpaired) electrons. The SMILES string of the molecule is CCNc1cc(C(=O)NC(C)c2ccccc2Cl)ccn1. The van der Waals surface area contributed by atoms with Crippen LogP contribution in [0.5, 0.6) is 0 Å². The van der Waals surface area contributed by atoms with Crippen LogP contribution in [-0.2, 0) is 0 Å². The standard InChI is InChI=1S/C16H18ClN3O/c1-3-18-15-10-12(8-9-19-15)16(21)20-11(2)13-6-4-5-7-14(13)17/h4-11H,3H2,1-2H3,(H,18,19)(H,20,21). The molecule has 1 amide bonds. The molecule has 110 valence electrons. The van der Waals surface area contributed by atoms with Gasteiger partial charge in [0.1, 0.15) is 5.82 Å². The van der Waals surface area contributed by atoms with E-state index in [-0.39, 0.29) is 11.9 Å². The third-order valence-electron chi connectivity index (χ3n) is 3.10. The molecule has 21 heavy (non-hydrogen) atoms. The lowest BCUT2D eigenvalue weighted by Crippen LogP contribution is -2.27. The highest BCUT2D eigenvalue weighted by Gasteiger charge is 2.14. The molecule has 0 aliphatic carbocycles. The van der Waals surface area contributed by atoms with Gasteiger partial charge in [-0.25, -0.2) is 4.98 Å². The fourth-order valence-corrected chi connectivity index (χ4v) is 2.33. The van der Waals surface area contributed by atoms with Crippen LogP contribution in [0.25, 0.3) is 0 Å². The van der Waals surface area contributed by atoms with Crippen molar-refractivity contribution in [2.45, 2.75) is 19.9 Å². The number of halogens is 1. The average molecular weight is 304 g/mol. The molecule has 5 heteroatoms. The van der Waals surface area contributed by atoms with Gasteiger partial charge in [0.2, 0.25) is 0 Å². The number of hydrogen-bond acceptors (Lipinski definition) is 3. The Kier molecular flexibility index (Phi) is 5.17. The predicted octanol–water partition coefficient (Wildman–Crippen LogP) is 3.66. The molecule has 1 atom stereocenters. The number of amides is 1. The van der Waals surface area contributed by atoms with Crippen molar-refractivity contribution in [3.63, 3.8) is 0 Å². The average Bonchev–Trinajstić information content (AvgIpc) is 2.48. The van der Waals surface area contributed by atoms with Gasteiger partial charge in [-0.1, -0.05) is 29.8 Å². The Morgan fingerprint density at radius 2 is 2.10 bits per heavy atom. The number of rotatable bonds is 5. The molecule has 1 aromatic carbocycles. The maximum Gasteiger partial charge on any atom is 0.251 e. The summed E-state index contributed by atoms with van der Waals surface area (Å²) in [5.41, 5.74) is 1.47. The molecule has 0 spiro atoms. The monoisotopic (exact) mass is 303 g/mol. The third kappa shape index (κ3) is 3.95. The quantitative estimate of drug-likeness (QED) is 0.886. The Hall–Kier alpha value is -2.07. The number of carbonyl (C=O) groups is 1. The second-order valence-corrected chi connectivity index (χ2v) is 5.08. The lowest BCUT2D eigenvalue weighted by Gasteiger charge is -2.16. The first-order valence-electron chi connectivity index (χ1n) is 6.87. The van der Waals surface area contributed by atoms with Gasteiger partial charge in [0.25, 0.3) is 5.91 Å². The van der Waals surface area contributed by atoms with Crippen molar-refractivity contribution in [2.75, 3.05) is 11.9 Å². The Balaban J connectivity index is 2.11. The summed E-state index contributed by atoms with van der Waals surface area (Å²) in [5, 5.41) is 6.68. The maximum atomic E-state index is 12.3. The van der Waals surface area contributed by atoms with E-state index in [9.17, 15) is 4.79 Å². The molecule has 2 aromatic rings. The minimum absolute atomic E-state index is 0.149. The summed E-state index contributed by atoms with van der Waals surface area (Å²) in [4.78, 5) is 16.4. The van der Waals surface area contributed by atoms with Gasteiger partial charge in [-0.05, 0) is 37.6 Å². The van der Waals surface area contributed by atoms with Crippen LogP contribution in [0.15, 0.2) is 42.6 Å². The van der Waals surface area contributed by atoms with Crippen LogP contribution in [0, 0.1) is 0 Å². The van der Waals surface area contributed by atoms with Crippen molar-refractivity contribution in [3.05, 3.63) is 58.7 Å². The van der Waals surface area contributed by atoms with Crippen LogP contribution < -0.4 is 10.6 Å². The highest BCUT2D eigenvalue weighted by atomic mass is 35.5. The van der Waals surface area contributed by atoms with Crippen LogP contribution in [-0.4, -0.2) is 17.4 Å². The van der Waals surface area contributed by atoms with Crippen molar-refractivity contribution in [2.24, 2.45) is 0 Å². The van der Waals surface area contributed by atoms with Crippen LogP contribution in [0.3, 0.4) is 0 Å². The summed E-state index contributed by atoms with van der Waals surface area (Å²) in [6.07, 6.45) is 1.62. The molecule has 1 unspecified atom stereocenters. The van der Waals surface area contributed by atoms with Crippen LogP contribution in [0.1, 0.15) is 35.8 Å². The number of pyridine rings is 1. The van der Waals surface area contributed by atoms with Gasteiger partial charge in [-0.15, -0.1) is 0 Å². The smallest absolute Gasteiger partial charge is 0.251 e. The summed E-state index contributed by atoms with van der Waals surface area (Å²) >= 11 is 6.14. The number of benzene rings is 1. The molecule has 0 saturated heterocycles. The first-order chi connectivity index (χ1) is 10.1. The molecular formula is C16H18ClN3O. The van der Waals surface area contributed by atoms with E-state index < -0.39 is 0 Å². The summed E-state index contributed by atoms with van der Waals surface area (Å²) in [6.45, 7) is 4.65. The summed E-state index contributed by atoms with van der Waals surface area (Å²) < 4.78 is 0. The second kappa shape index (κ2) is 7.09. The van der Waals surface area contributed by atoms with Crippen molar-refractivity contribution in [1.29, 1.82) is 0 Å². The van der Waals surface area contributed by atoms with E-state index in [2.05, 4.69) is 15.6 Å². The summed E-state index contributed by atoms with van der Waals surface area (Å²) in [7, 11) is 0. The van der Waals surface area contributed by atoms with Gasteiger partial charge < -0.3 is 10.6 Å². The highest BCUT2D eigenvalue weighted by molar-refractivity contribution is 6.31. The fraction of sp³-hybridized carbons (Fsp3) is 0.250. The first-order valence-corrected chi connectivity index (χ1v) is 7.24. The lowest BCUT2D eigenvalue weighted by atomic mass is 10.1. The van der Waals surface area contributed by atoms with Gasteiger partial charge in [0, 0.05) is 23.3 Å². The Morgan fingerprint density at radius 1 is 1.33 bits per heavy atom. The first kappa shape index (κ1) is 15.3. The fourth-order valence-electron chi connectivity index (χ4n) is 2.03. The van der Waals surface area contributed by atoms with Crippen molar-refractivity contribution in [3.8, 4) is 0 Å². The molecule has 1 heterocycles. The van der Waals surface area contributed by atoms with Gasteiger partial charge in [-0.3, -0.25) is 4.79 Å². The topological polar surface area (TPSA) is 54.0 Å². The highest BCUT2D eigenvalue weighted by Crippen LogP contribution is 2.22. The zero-order chi connectivity index (χ0) is 15.2. The molecule has 0 aliphatic rings. The zero-order valence-corrected chi connectivity index (χ0v) is 12.8. The lowest BCUT2D eigenvalue weighted by molar-refractivity contribution is 0.0940. The summed E-state index contributed by atoms with van der Waals surface area (Å²) in [6, 6.07) is 10.8. The van der Waals surface area contributed by atoms with Crippen molar-refractivity contribution < 1.29 is 4.79 Å². The van der Waals surface area contributed by atoms with Crippen LogP contribution >= 0.6 is 11.6 Å². The molecule has 1 aromatic heterocycles. The Morgan fingerprint density at radius 3 is 2.81 bits per heavy atom. The van der Waals surface area contributed by atoms with Gasteiger partial charge >= 0.3 is 0 Å². The van der Waals surface area contributed by atoms with E-state index in [4.69, 9.17) is 11.6 Å². The molecule has 0 saturated carbocycles. The Labute approximate surface area is 129 Å². The van der Waals surface area contributed by atoms with Crippen LogP contribution in [0.4, 0.5) is 5.82 Å². The predicted molar refractivity (Wildman–Crippen MR) is 85.7 cm³/mol. The van der Waals surface area contributed by atoms with Crippen molar-refractivity contribution in [1.82, 2.24) is 10.3 Å². The molecule has 0 bridgehead atoms. The van der Waals surface area contributed by atoms with E-state index in [1.54, 1.807) is 18.3 Å². The van der Waals surface area contributed by atoms with Gasteiger partial charge in [-0.2, -0.15) is 0 Å². The van der Waals surface area contributed by atoms with E-state index in [0.717, 1.165) is 12.1 Å². The van der Waals surface area contributed by atoms with Gasteiger partial charge in [0.05, 0.1) is 6.04 Å². The Bertz CT molecular complexity index is 630. The minimum atomic E-state index is -0.165. The molecule has 4 nitrogen and oxygen atoms in total. The minimum Gasteiger partial charge on any atom is -0.370 e. The van der Waals surface area contributed by atoms with Gasteiger partial charge in [0.15, 0.2) is 0 Å². The molecule has 2 rings (SSSR count). The largest absolute Gasteiger partial charge is 0.370 e. The number of nitrogens with one attached hydrogen (secondary N) is 2. The number of carbonyl (C=O) groups excluding carboxylic acids is 1. The molecule has 2 N–H and O–H groups in total. The van der Waals surface area contributed by atoms with E-state index in [0.29, 0.717) is 16.4 Å². The third-order valence-corrected chi connectivity index (χ3v) is 3.44. The molecule has 0 fully saturated rings. The van der Waals surface area contributed by atoms with E-state index in [1.807, 2.05) is 38.1 Å². The molecule has 0 aliphatic heterocycles. The van der Waals surface area contributed by atoms with Crippen molar-refractivity contribution >= 4 is 23.3 Å². The van der Waals surface area contributed by atoms with E-state index in [1.165, 1.54) is 0 Å². The maximum absolute atomic E-state index is 12.3. The normalized spacial score (nSPS) is 11.8. The van der Waals surface area contributed by atoms with Crippen LogP contribution in [0.2, 0.25) is 5.02 Å².